The van der Waals surface area contributed by atoms with E-state index in [0.29, 0.717) is 12.3 Å². The zero-order valence-electron chi connectivity index (χ0n) is 15.5. The summed E-state index contributed by atoms with van der Waals surface area (Å²) in [5, 5.41) is 21.2. The van der Waals surface area contributed by atoms with Crippen molar-refractivity contribution in [3.63, 3.8) is 0 Å². The van der Waals surface area contributed by atoms with Crippen molar-refractivity contribution in [1.82, 2.24) is 0 Å². The van der Waals surface area contributed by atoms with Gasteiger partial charge in [-0.15, -0.1) is 0 Å². The van der Waals surface area contributed by atoms with Crippen molar-refractivity contribution in [2.45, 2.75) is 77.6 Å². The summed E-state index contributed by atoms with van der Waals surface area (Å²) in [6.07, 6.45) is 10.3. The van der Waals surface area contributed by atoms with Crippen LogP contribution in [0, 0.1) is 22.7 Å². The highest BCUT2D eigenvalue weighted by atomic mass is 16.5. The van der Waals surface area contributed by atoms with E-state index in [2.05, 4.69) is 19.1 Å². The smallest absolute Gasteiger partial charge is 0.303 e. The van der Waals surface area contributed by atoms with Crippen molar-refractivity contribution in [2.75, 3.05) is 0 Å². The van der Waals surface area contributed by atoms with Gasteiger partial charge in [-0.1, -0.05) is 31.6 Å². The molecule has 2 N–H and O–H groups in total. The molecule has 0 aromatic rings. The number of hydrogen-bond acceptors (Lipinski definition) is 4. The predicted octanol–water partition coefficient (Wildman–Crippen LogP) is 3.48. The molecule has 25 heavy (non-hydrogen) atoms. The van der Waals surface area contributed by atoms with E-state index in [4.69, 9.17) is 4.74 Å². The first-order chi connectivity index (χ1) is 11.7. The molecule has 0 aromatic heterocycles. The molecule has 1 fully saturated rings. The summed E-state index contributed by atoms with van der Waals surface area (Å²) in [6, 6.07) is 0. The summed E-state index contributed by atoms with van der Waals surface area (Å²) in [4.78, 5) is 11.8. The molecule has 5 atom stereocenters. The van der Waals surface area contributed by atoms with E-state index in [0.717, 1.165) is 38.5 Å². The molecule has 0 bridgehead atoms. The monoisotopic (exact) mass is 346 g/mol. The molecule has 4 nitrogen and oxygen atoms in total. The standard InChI is InChI=1S/C21H30O4/c1-13(22)25-17-12-14-6-4-5-9-19(14,2)15-7-10-20(3)16(18(15)17)8-11-21(20,23)24/h5,9,14,16-17,23-24H,4,6-8,10-12H2,1-3H3/t14?,16-,17?,19-,20-/m0/s1. The van der Waals surface area contributed by atoms with Gasteiger partial charge in [0.1, 0.15) is 6.10 Å². The van der Waals surface area contributed by atoms with E-state index in [-0.39, 0.29) is 23.4 Å². The molecule has 1 saturated carbocycles. The molecule has 0 aromatic carbocycles. The van der Waals surface area contributed by atoms with Gasteiger partial charge in [-0.2, -0.15) is 0 Å². The number of rotatable bonds is 1. The number of carbonyl (C=O) groups excluding carboxylic acids is 1. The van der Waals surface area contributed by atoms with Crippen LogP contribution >= 0.6 is 0 Å². The molecule has 0 heterocycles. The van der Waals surface area contributed by atoms with Crippen LogP contribution in [0.15, 0.2) is 23.3 Å². The van der Waals surface area contributed by atoms with Gasteiger partial charge in [0.15, 0.2) is 5.79 Å². The second-order valence-corrected chi connectivity index (χ2v) is 9.05. The second kappa shape index (κ2) is 5.43. The van der Waals surface area contributed by atoms with Gasteiger partial charge in [-0.3, -0.25) is 4.79 Å². The number of allylic oxidation sites excluding steroid dienone is 3. The maximum atomic E-state index is 11.8. The summed E-state index contributed by atoms with van der Waals surface area (Å²) in [6.45, 7) is 5.81. The Morgan fingerprint density at radius 3 is 2.72 bits per heavy atom. The molecule has 0 saturated heterocycles. The molecule has 138 valence electrons. The highest BCUT2D eigenvalue weighted by Gasteiger charge is 2.62. The number of esters is 1. The van der Waals surface area contributed by atoms with Gasteiger partial charge >= 0.3 is 5.97 Å². The van der Waals surface area contributed by atoms with Crippen LogP contribution in [0.25, 0.3) is 0 Å². The lowest BCUT2D eigenvalue weighted by molar-refractivity contribution is -0.231. The topological polar surface area (TPSA) is 66.8 Å². The fourth-order valence-electron chi connectivity index (χ4n) is 6.31. The van der Waals surface area contributed by atoms with Crippen LogP contribution in [0.4, 0.5) is 0 Å². The van der Waals surface area contributed by atoms with E-state index in [1.165, 1.54) is 18.1 Å². The zero-order valence-corrected chi connectivity index (χ0v) is 15.5. The Labute approximate surface area is 149 Å². The lowest BCUT2D eigenvalue weighted by atomic mass is 9.52. The summed E-state index contributed by atoms with van der Waals surface area (Å²) in [5.41, 5.74) is 2.10. The van der Waals surface area contributed by atoms with Gasteiger partial charge in [-0.25, -0.2) is 0 Å². The van der Waals surface area contributed by atoms with E-state index in [1.54, 1.807) is 0 Å². The first kappa shape index (κ1) is 17.3. The lowest BCUT2D eigenvalue weighted by Gasteiger charge is -2.54. The van der Waals surface area contributed by atoms with Crippen LogP contribution in [0.3, 0.4) is 0 Å². The molecule has 0 spiro atoms. The number of fused-ring (bicyclic) bond motifs is 4. The molecule has 0 amide bonds. The van der Waals surface area contributed by atoms with E-state index < -0.39 is 11.2 Å². The summed E-state index contributed by atoms with van der Waals surface area (Å²) >= 11 is 0. The van der Waals surface area contributed by atoms with Gasteiger partial charge in [0.25, 0.3) is 0 Å². The maximum Gasteiger partial charge on any atom is 0.303 e. The fraction of sp³-hybridized carbons (Fsp3) is 0.762. The van der Waals surface area contributed by atoms with Crippen LogP contribution in [-0.4, -0.2) is 28.1 Å². The molecule has 4 heteroatoms. The summed E-state index contributed by atoms with van der Waals surface area (Å²) < 4.78 is 5.79. The average Bonchev–Trinajstić information content (AvgIpc) is 2.77. The Balaban J connectivity index is 1.85. The first-order valence-electron chi connectivity index (χ1n) is 9.72. The third-order valence-corrected chi connectivity index (χ3v) is 7.88. The number of carbonyl (C=O) groups is 1. The minimum absolute atomic E-state index is 0.0295. The van der Waals surface area contributed by atoms with Crippen LogP contribution < -0.4 is 0 Å². The average molecular weight is 346 g/mol. The number of aliphatic hydroxyl groups is 2. The third-order valence-electron chi connectivity index (χ3n) is 7.88. The summed E-state index contributed by atoms with van der Waals surface area (Å²) in [5.74, 6) is -1.28. The van der Waals surface area contributed by atoms with Gasteiger partial charge in [0, 0.05) is 24.2 Å². The fourth-order valence-corrected chi connectivity index (χ4v) is 6.31. The van der Waals surface area contributed by atoms with Crippen LogP contribution in [0.2, 0.25) is 0 Å². The zero-order chi connectivity index (χ0) is 18.0. The molecule has 4 aliphatic carbocycles. The molecule has 0 radical (unpaired) electrons. The second-order valence-electron chi connectivity index (χ2n) is 9.05. The molecule has 4 rings (SSSR count). The number of ether oxygens (including phenoxy) is 1. The van der Waals surface area contributed by atoms with E-state index in [9.17, 15) is 15.0 Å². The minimum Gasteiger partial charge on any atom is -0.458 e. The van der Waals surface area contributed by atoms with Crippen molar-refractivity contribution in [2.24, 2.45) is 22.7 Å². The third kappa shape index (κ3) is 2.30. The number of hydrogen-bond donors (Lipinski definition) is 2. The predicted molar refractivity (Wildman–Crippen MR) is 94.4 cm³/mol. The molecule has 4 aliphatic rings. The van der Waals surface area contributed by atoms with Crippen molar-refractivity contribution in [3.05, 3.63) is 23.3 Å². The van der Waals surface area contributed by atoms with E-state index >= 15 is 0 Å². The van der Waals surface area contributed by atoms with Crippen molar-refractivity contribution in [1.29, 1.82) is 0 Å². The first-order valence-corrected chi connectivity index (χ1v) is 9.72. The highest BCUT2D eigenvalue weighted by Crippen LogP contribution is 2.64. The minimum atomic E-state index is -1.63. The molecular weight excluding hydrogens is 316 g/mol. The van der Waals surface area contributed by atoms with Gasteiger partial charge in [0.05, 0.1) is 0 Å². The van der Waals surface area contributed by atoms with Crippen LogP contribution in [0.5, 0.6) is 0 Å². The Morgan fingerprint density at radius 1 is 1.24 bits per heavy atom. The SMILES string of the molecule is CC(=O)OC1CC2CCC=C[C@]2(C)C2=C1[C@@H]1CCC(O)(O)[C@@]1(C)CC2. The molecular formula is C21H30O4. The van der Waals surface area contributed by atoms with Crippen LogP contribution in [-0.2, 0) is 9.53 Å². The normalized spacial score (nSPS) is 44.8. The Bertz CT molecular complexity index is 661. The largest absolute Gasteiger partial charge is 0.458 e. The van der Waals surface area contributed by atoms with Crippen molar-refractivity contribution >= 4 is 5.97 Å². The highest BCUT2D eigenvalue weighted by molar-refractivity contribution is 5.66. The van der Waals surface area contributed by atoms with Gasteiger partial charge in [0.2, 0.25) is 0 Å². The van der Waals surface area contributed by atoms with E-state index in [1.807, 2.05) is 6.92 Å². The van der Waals surface area contributed by atoms with Crippen molar-refractivity contribution in [3.8, 4) is 0 Å². The van der Waals surface area contributed by atoms with Crippen molar-refractivity contribution < 1.29 is 19.7 Å². The summed E-state index contributed by atoms with van der Waals surface area (Å²) in [7, 11) is 0. The lowest BCUT2D eigenvalue weighted by Crippen LogP contribution is -2.52. The Kier molecular flexibility index (Phi) is 3.76. The van der Waals surface area contributed by atoms with Gasteiger partial charge < -0.3 is 14.9 Å². The van der Waals surface area contributed by atoms with Gasteiger partial charge in [-0.05, 0) is 55.9 Å². The molecule has 0 aliphatic heterocycles. The maximum absolute atomic E-state index is 11.8. The Morgan fingerprint density at radius 2 is 2.00 bits per heavy atom. The Hall–Kier alpha value is -1.13. The quantitative estimate of drug-likeness (QED) is 0.433. The molecule has 2 unspecified atom stereocenters. The van der Waals surface area contributed by atoms with Crippen LogP contribution in [0.1, 0.15) is 65.7 Å².